The van der Waals surface area contributed by atoms with Crippen LogP contribution in [0.3, 0.4) is 0 Å². The van der Waals surface area contributed by atoms with Gasteiger partial charge in [0.25, 0.3) is 0 Å². The third-order valence-electron chi connectivity index (χ3n) is 5.11. The number of fused-ring (bicyclic) bond motifs is 1. The Morgan fingerprint density at radius 3 is 2.54 bits per heavy atom. The average Bonchev–Trinajstić information content (AvgIpc) is 3.25. The molecule has 4 rings (SSSR count). The van der Waals surface area contributed by atoms with Crippen LogP contribution in [-0.2, 0) is 0 Å². The van der Waals surface area contributed by atoms with Crippen LogP contribution < -0.4 is 11.1 Å². The maximum Gasteiger partial charge on any atom is 0.165 e. The number of anilines is 1. The first-order valence-corrected chi connectivity index (χ1v) is 8.21. The summed E-state index contributed by atoms with van der Waals surface area (Å²) >= 11 is 0. The molecule has 0 radical (unpaired) electrons. The first-order valence-electron chi connectivity index (χ1n) is 8.21. The zero-order chi connectivity index (χ0) is 16.0. The van der Waals surface area contributed by atoms with Gasteiger partial charge >= 0.3 is 0 Å². The van der Waals surface area contributed by atoms with Crippen LogP contribution in [0.1, 0.15) is 38.1 Å². The molecule has 0 aliphatic heterocycles. The van der Waals surface area contributed by atoms with E-state index in [2.05, 4.69) is 20.3 Å². The van der Waals surface area contributed by atoms with Crippen molar-refractivity contribution >= 4 is 29.4 Å². The van der Waals surface area contributed by atoms with Crippen molar-refractivity contribution in [1.82, 2.24) is 19.5 Å². The van der Waals surface area contributed by atoms with Gasteiger partial charge in [-0.3, -0.25) is 0 Å². The van der Waals surface area contributed by atoms with Gasteiger partial charge < -0.3 is 25.8 Å². The van der Waals surface area contributed by atoms with Crippen LogP contribution in [0.2, 0.25) is 0 Å². The van der Waals surface area contributed by atoms with Crippen molar-refractivity contribution in [3.05, 3.63) is 12.7 Å². The van der Waals surface area contributed by atoms with Crippen molar-refractivity contribution in [2.75, 3.05) is 5.32 Å². The number of nitrogens with one attached hydrogen (secondary N) is 1. The van der Waals surface area contributed by atoms with Crippen molar-refractivity contribution in [3.63, 3.8) is 0 Å². The molecule has 2 aliphatic rings. The van der Waals surface area contributed by atoms with Crippen LogP contribution in [0, 0.1) is 0 Å². The number of aliphatic hydroxyl groups excluding tert-OH is 2. The summed E-state index contributed by atoms with van der Waals surface area (Å²) in [7, 11) is 0. The van der Waals surface area contributed by atoms with Gasteiger partial charge in [0.2, 0.25) is 0 Å². The lowest BCUT2D eigenvalue weighted by Crippen LogP contribution is -2.35. The Balaban J connectivity index is 0.00000169. The highest BCUT2D eigenvalue weighted by Gasteiger charge is 2.41. The Bertz CT molecular complexity index is 704. The maximum absolute atomic E-state index is 10.2. The summed E-state index contributed by atoms with van der Waals surface area (Å²) in [6.45, 7) is 0. The van der Waals surface area contributed by atoms with Gasteiger partial charge in [0.15, 0.2) is 11.5 Å². The van der Waals surface area contributed by atoms with Crippen molar-refractivity contribution in [2.45, 2.75) is 62.4 Å². The Morgan fingerprint density at radius 2 is 1.88 bits per heavy atom. The summed E-state index contributed by atoms with van der Waals surface area (Å²) in [6.07, 6.45) is 6.59. The standard InChI is InChI=1S/C15H22N6O2.ClH/c16-9-5-10(13(23)12(9)22)21-7-19-11-14(17-6-18-15(11)21)20-8-3-1-2-4-8;/h6-10,12-13,22-23H,1-5,16H2,(H,17,18,20);1H/t9-,10+,12+,13-;/m0./s1. The van der Waals surface area contributed by atoms with Crippen molar-refractivity contribution in [3.8, 4) is 0 Å². The number of hydrogen-bond donors (Lipinski definition) is 4. The third-order valence-corrected chi connectivity index (χ3v) is 5.11. The Kier molecular flexibility index (Phi) is 4.91. The zero-order valence-electron chi connectivity index (χ0n) is 13.2. The number of hydrogen-bond acceptors (Lipinski definition) is 7. The zero-order valence-corrected chi connectivity index (χ0v) is 14.1. The van der Waals surface area contributed by atoms with E-state index in [4.69, 9.17) is 5.73 Å². The topological polar surface area (TPSA) is 122 Å². The lowest BCUT2D eigenvalue weighted by atomic mass is 10.2. The molecule has 0 saturated heterocycles. The molecule has 8 nitrogen and oxygen atoms in total. The quantitative estimate of drug-likeness (QED) is 0.636. The van der Waals surface area contributed by atoms with E-state index in [1.807, 2.05) is 0 Å². The van der Waals surface area contributed by atoms with E-state index in [0.717, 1.165) is 18.7 Å². The predicted molar refractivity (Wildman–Crippen MR) is 92.1 cm³/mol. The summed E-state index contributed by atoms with van der Waals surface area (Å²) in [5, 5.41) is 23.6. The van der Waals surface area contributed by atoms with E-state index < -0.39 is 18.2 Å². The van der Waals surface area contributed by atoms with E-state index in [1.54, 1.807) is 10.9 Å². The van der Waals surface area contributed by atoms with E-state index >= 15 is 0 Å². The molecular weight excluding hydrogens is 332 g/mol. The van der Waals surface area contributed by atoms with Crippen molar-refractivity contribution in [2.24, 2.45) is 5.73 Å². The molecule has 2 aromatic rings. The number of nitrogens with zero attached hydrogens (tertiary/aromatic N) is 4. The molecule has 2 saturated carbocycles. The molecule has 0 aromatic carbocycles. The highest BCUT2D eigenvalue weighted by atomic mass is 35.5. The van der Waals surface area contributed by atoms with Crippen LogP contribution in [-0.4, -0.2) is 54.0 Å². The van der Waals surface area contributed by atoms with E-state index in [0.29, 0.717) is 23.6 Å². The third kappa shape index (κ3) is 2.83. The molecule has 5 N–H and O–H groups in total. The molecule has 2 aliphatic carbocycles. The van der Waals surface area contributed by atoms with Gasteiger partial charge in [0.1, 0.15) is 17.9 Å². The molecule has 2 aromatic heterocycles. The Labute approximate surface area is 145 Å². The predicted octanol–water partition coefficient (Wildman–Crippen LogP) is 0.596. The number of aliphatic hydroxyl groups is 2. The number of halogens is 1. The largest absolute Gasteiger partial charge is 0.389 e. The van der Waals surface area contributed by atoms with E-state index in [-0.39, 0.29) is 18.4 Å². The monoisotopic (exact) mass is 354 g/mol. The summed E-state index contributed by atoms with van der Waals surface area (Å²) in [5.74, 6) is 0.734. The first-order chi connectivity index (χ1) is 11.1. The Hall–Kier alpha value is -1.48. The molecule has 4 atom stereocenters. The molecule has 0 unspecified atom stereocenters. The van der Waals surface area contributed by atoms with Crippen LogP contribution in [0.25, 0.3) is 11.2 Å². The SMILES string of the molecule is Cl.N[C@H]1C[C@@H](n2cnc3c(NC4CCCC4)ncnc32)[C@H](O)[C@@H]1O. The van der Waals surface area contributed by atoms with Gasteiger partial charge in [-0.1, -0.05) is 12.8 Å². The normalized spacial score (nSPS) is 30.6. The molecule has 0 amide bonds. The van der Waals surface area contributed by atoms with Gasteiger partial charge in [0.05, 0.1) is 18.5 Å². The van der Waals surface area contributed by atoms with Crippen molar-refractivity contribution < 1.29 is 10.2 Å². The number of imidazole rings is 1. The molecule has 2 fully saturated rings. The molecule has 9 heteroatoms. The summed E-state index contributed by atoms with van der Waals surface area (Å²) in [6, 6.07) is -0.324. The summed E-state index contributed by atoms with van der Waals surface area (Å²) in [5.41, 5.74) is 7.21. The fourth-order valence-electron chi connectivity index (χ4n) is 3.78. The van der Waals surface area contributed by atoms with Crippen LogP contribution >= 0.6 is 12.4 Å². The molecule has 132 valence electrons. The minimum atomic E-state index is -0.921. The summed E-state index contributed by atoms with van der Waals surface area (Å²) < 4.78 is 1.80. The van der Waals surface area contributed by atoms with Crippen LogP contribution in [0.4, 0.5) is 5.82 Å². The number of rotatable bonds is 3. The van der Waals surface area contributed by atoms with E-state index in [1.165, 1.54) is 19.2 Å². The molecule has 2 heterocycles. The lowest BCUT2D eigenvalue weighted by molar-refractivity contribution is 0.0187. The minimum Gasteiger partial charge on any atom is -0.389 e. The highest BCUT2D eigenvalue weighted by Crippen LogP contribution is 2.33. The van der Waals surface area contributed by atoms with Crippen molar-refractivity contribution in [1.29, 1.82) is 0 Å². The van der Waals surface area contributed by atoms with Crippen LogP contribution in [0.5, 0.6) is 0 Å². The molecule has 24 heavy (non-hydrogen) atoms. The first kappa shape index (κ1) is 17.3. The summed E-state index contributed by atoms with van der Waals surface area (Å²) in [4.78, 5) is 13.1. The van der Waals surface area contributed by atoms with Gasteiger partial charge in [0, 0.05) is 12.1 Å². The second kappa shape index (κ2) is 6.79. The van der Waals surface area contributed by atoms with Gasteiger partial charge in [-0.25, -0.2) is 15.0 Å². The average molecular weight is 355 g/mol. The smallest absolute Gasteiger partial charge is 0.165 e. The van der Waals surface area contributed by atoms with E-state index in [9.17, 15) is 10.2 Å². The second-order valence-corrected chi connectivity index (χ2v) is 6.62. The fourth-order valence-corrected chi connectivity index (χ4v) is 3.78. The molecule has 0 bridgehead atoms. The van der Waals surface area contributed by atoms with Gasteiger partial charge in [-0.2, -0.15) is 0 Å². The lowest BCUT2D eigenvalue weighted by Gasteiger charge is -2.18. The minimum absolute atomic E-state index is 0. The highest BCUT2D eigenvalue weighted by molar-refractivity contribution is 5.85. The van der Waals surface area contributed by atoms with Gasteiger partial charge in [-0.05, 0) is 19.3 Å². The maximum atomic E-state index is 10.2. The molecular formula is C15H23ClN6O2. The molecule has 0 spiro atoms. The van der Waals surface area contributed by atoms with Gasteiger partial charge in [-0.15, -0.1) is 12.4 Å². The van der Waals surface area contributed by atoms with Crippen LogP contribution in [0.15, 0.2) is 12.7 Å². The second-order valence-electron chi connectivity index (χ2n) is 6.62. The Morgan fingerprint density at radius 1 is 1.12 bits per heavy atom. The number of aromatic nitrogens is 4. The number of nitrogens with two attached hydrogens (primary N) is 1. The fraction of sp³-hybridized carbons (Fsp3) is 0.667.